The normalized spacial score (nSPS) is 24.0. The second-order valence-electron chi connectivity index (χ2n) is 8.28. The number of hydrogen-bond donors (Lipinski definition) is 3. The van der Waals surface area contributed by atoms with Crippen LogP contribution in [0.4, 0.5) is 0 Å². The van der Waals surface area contributed by atoms with E-state index in [0.29, 0.717) is 12.0 Å². The summed E-state index contributed by atoms with van der Waals surface area (Å²) in [6.07, 6.45) is -0.773. The van der Waals surface area contributed by atoms with Gasteiger partial charge in [-0.1, -0.05) is 26.0 Å². The van der Waals surface area contributed by atoms with Crippen LogP contribution in [0, 0.1) is 5.41 Å². The Bertz CT molecular complexity index is 892. The number of hydrogen-bond acceptors (Lipinski definition) is 10. The van der Waals surface area contributed by atoms with Crippen molar-refractivity contribution in [2.45, 2.75) is 65.3 Å². The van der Waals surface area contributed by atoms with E-state index < -0.39 is 54.3 Å². The van der Waals surface area contributed by atoms with E-state index in [0.717, 1.165) is 5.57 Å². The average Bonchev–Trinajstić information content (AvgIpc) is 2.99. The van der Waals surface area contributed by atoms with Gasteiger partial charge in [-0.25, -0.2) is 4.79 Å². The minimum atomic E-state index is -1.61. The molecule has 2 rings (SSSR count). The lowest BCUT2D eigenvalue weighted by Crippen LogP contribution is -2.39. The fourth-order valence-electron chi connectivity index (χ4n) is 3.65. The van der Waals surface area contributed by atoms with Crippen molar-refractivity contribution in [3.8, 4) is 0 Å². The van der Waals surface area contributed by atoms with Crippen molar-refractivity contribution in [1.82, 2.24) is 0 Å². The van der Waals surface area contributed by atoms with Gasteiger partial charge in [-0.05, 0) is 30.4 Å². The van der Waals surface area contributed by atoms with E-state index in [9.17, 15) is 34.5 Å². The molecule has 10 heteroatoms. The van der Waals surface area contributed by atoms with Gasteiger partial charge in [-0.15, -0.1) is 0 Å². The van der Waals surface area contributed by atoms with Crippen LogP contribution in [0.5, 0.6) is 0 Å². The lowest BCUT2D eigenvalue weighted by atomic mass is 9.71. The van der Waals surface area contributed by atoms with Gasteiger partial charge in [-0.2, -0.15) is 0 Å². The summed E-state index contributed by atoms with van der Waals surface area (Å²) in [5.41, 5.74) is 1.05. The number of cyclic esters (lactones) is 1. The van der Waals surface area contributed by atoms with E-state index in [1.165, 1.54) is 0 Å². The first kappa shape index (κ1) is 25.1. The summed E-state index contributed by atoms with van der Waals surface area (Å²) in [7, 11) is 0. The molecule has 0 amide bonds. The zero-order valence-corrected chi connectivity index (χ0v) is 18.4. The maximum atomic E-state index is 12.6. The Balaban J connectivity index is 1.83. The summed E-state index contributed by atoms with van der Waals surface area (Å²) in [5.74, 6) is -4.95. The van der Waals surface area contributed by atoms with Gasteiger partial charge in [0.2, 0.25) is 5.76 Å². The zero-order valence-electron chi connectivity index (χ0n) is 18.4. The molecule has 10 nitrogen and oxygen atoms in total. The molecule has 0 radical (unpaired) electrons. The number of rotatable bonds is 8. The van der Waals surface area contributed by atoms with Crippen molar-refractivity contribution in [2.24, 2.45) is 5.41 Å². The molecule has 0 spiro atoms. The number of ether oxygens (including phenoxy) is 3. The molecule has 32 heavy (non-hydrogen) atoms. The minimum Gasteiger partial charge on any atom is -0.505 e. The van der Waals surface area contributed by atoms with Crippen molar-refractivity contribution in [2.75, 3.05) is 6.61 Å². The van der Waals surface area contributed by atoms with Gasteiger partial charge in [0.1, 0.15) is 12.7 Å². The third-order valence-electron chi connectivity index (χ3n) is 5.34. The third-order valence-corrected chi connectivity index (χ3v) is 5.34. The molecule has 0 fully saturated rings. The molecule has 1 aliphatic carbocycles. The molecule has 0 aromatic rings. The molecule has 0 saturated carbocycles. The summed E-state index contributed by atoms with van der Waals surface area (Å²) < 4.78 is 14.7. The van der Waals surface area contributed by atoms with Crippen LogP contribution in [0.2, 0.25) is 0 Å². The Morgan fingerprint density at radius 2 is 1.84 bits per heavy atom. The highest BCUT2D eigenvalue weighted by Gasteiger charge is 2.41. The van der Waals surface area contributed by atoms with Crippen molar-refractivity contribution in [1.29, 1.82) is 0 Å². The molecule has 1 aliphatic heterocycles. The fraction of sp³-hybridized carbons (Fsp3) is 0.545. The number of allylic oxidation sites excluding steroid dienone is 3. The Kier molecular flexibility index (Phi) is 7.84. The lowest BCUT2D eigenvalue weighted by Gasteiger charge is -2.36. The summed E-state index contributed by atoms with van der Waals surface area (Å²) in [4.78, 5) is 47.7. The predicted molar refractivity (Wildman–Crippen MR) is 109 cm³/mol. The molecule has 0 bridgehead atoms. The topological polar surface area (TPSA) is 157 Å². The van der Waals surface area contributed by atoms with Gasteiger partial charge in [0.25, 0.3) is 0 Å². The van der Waals surface area contributed by atoms with Crippen LogP contribution in [-0.2, 0) is 33.4 Å². The molecule has 0 aromatic carbocycles. The van der Waals surface area contributed by atoms with Crippen LogP contribution in [-0.4, -0.2) is 63.9 Å². The molecule has 1 heterocycles. The highest BCUT2D eigenvalue weighted by Crippen LogP contribution is 2.40. The summed E-state index contributed by atoms with van der Waals surface area (Å²) >= 11 is 0. The maximum Gasteiger partial charge on any atom is 0.377 e. The van der Waals surface area contributed by atoms with Gasteiger partial charge in [-0.3, -0.25) is 14.4 Å². The van der Waals surface area contributed by atoms with Crippen LogP contribution in [0.1, 0.15) is 47.0 Å². The lowest BCUT2D eigenvalue weighted by molar-refractivity contribution is -0.160. The SMILES string of the molecule is C/C=C/C1=C(C)C(=O)C(OC(=O)CCC(=O)OC[C@H](O)[C@H]2OC(=O)C(O)=C2O)CC1(C)C. The number of carbonyl (C=O) groups excluding carboxylic acids is 4. The summed E-state index contributed by atoms with van der Waals surface area (Å²) in [5, 5.41) is 28.6. The van der Waals surface area contributed by atoms with Gasteiger partial charge in [0.05, 0.1) is 12.8 Å². The van der Waals surface area contributed by atoms with E-state index in [1.54, 1.807) is 6.92 Å². The first-order valence-electron chi connectivity index (χ1n) is 10.1. The van der Waals surface area contributed by atoms with Crippen molar-refractivity contribution >= 4 is 23.7 Å². The quantitative estimate of drug-likeness (QED) is 0.366. The molecule has 2 aliphatic rings. The Hall–Kier alpha value is -3.14. The highest BCUT2D eigenvalue weighted by atomic mass is 16.6. The fourth-order valence-corrected chi connectivity index (χ4v) is 3.65. The zero-order chi connectivity index (χ0) is 24.2. The number of ketones is 1. The first-order chi connectivity index (χ1) is 14.9. The number of carbonyl (C=O) groups is 4. The average molecular weight is 452 g/mol. The van der Waals surface area contributed by atoms with Gasteiger partial charge >= 0.3 is 17.9 Å². The number of esters is 3. The van der Waals surface area contributed by atoms with E-state index in [4.69, 9.17) is 9.47 Å². The molecule has 3 N–H and O–H groups in total. The van der Waals surface area contributed by atoms with Gasteiger partial charge in [0.15, 0.2) is 23.8 Å². The number of aliphatic hydroxyl groups excluding tert-OH is 3. The monoisotopic (exact) mass is 452 g/mol. The Morgan fingerprint density at radius 3 is 2.41 bits per heavy atom. The third kappa shape index (κ3) is 5.56. The molecule has 0 aromatic heterocycles. The molecule has 1 unspecified atom stereocenters. The van der Waals surface area contributed by atoms with E-state index in [2.05, 4.69) is 4.74 Å². The maximum absolute atomic E-state index is 12.6. The predicted octanol–water partition coefficient (Wildman–Crippen LogP) is 1.73. The number of Topliss-reactive ketones (excluding diaryl/α,β-unsaturated/α-hetero) is 1. The van der Waals surface area contributed by atoms with Crippen LogP contribution >= 0.6 is 0 Å². The van der Waals surface area contributed by atoms with Crippen molar-refractivity contribution in [3.05, 3.63) is 34.8 Å². The standard InChI is InChI=1S/C22H28O10/c1-5-6-12-11(2)17(26)14(9-22(12,3)4)31-16(25)8-7-15(24)30-10-13(23)20-18(27)19(28)21(29)32-20/h5-6,13-14,20,23,27-28H,7-10H2,1-4H3/b6-5+/t13-,14?,20+/m0/s1. The van der Waals surface area contributed by atoms with Gasteiger partial charge < -0.3 is 29.5 Å². The summed E-state index contributed by atoms with van der Waals surface area (Å²) in [6.45, 7) is 6.81. The Morgan fingerprint density at radius 1 is 1.22 bits per heavy atom. The number of aliphatic hydroxyl groups is 3. The molecule has 3 atom stereocenters. The largest absolute Gasteiger partial charge is 0.505 e. The second-order valence-corrected chi connectivity index (χ2v) is 8.28. The van der Waals surface area contributed by atoms with Crippen LogP contribution < -0.4 is 0 Å². The van der Waals surface area contributed by atoms with Gasteiger partial charge in [0, 0.05) is 6.42 Å². The van der Waals surface area contributed by atoms with Crippen molar-refractivity contribution < 1.29 is 48.7 Å². The molecular weight excluding hydrogens is 424 g/mol. The Labute approximate surface area is 185 Å². The van der Waals surface area contributed by atoms with Crippen LogP contribution in [0.3, 0.4) is 0 Å². The molecule has 176 valence electrons. The van der Waals surface area contributed by atoms with Crippen LogP contribution in [0.25, 0.3) is 0 Å². The van der Waals surface area contributed by atoms with Crippen molar-refractivity contribution in [3.63, 3.8) is 0 Å². The second kappa shape index (κ2) is 9.99. The molecular formula is C22H28O10. The van der Waals surface area contributed by atoms with E-state index in [-0.39, 0.29) is 24.0 Å². The molecule has 0 saturated heterocycles. The highest BCUT2D eigenvalue weighted by molar-refractivity contribution is 6.01. The minimum absolute atomic E-state index is 0.279. The first-order valence-corrected chi connectivity index (χ1v) is 10.1. The smallest absolute Gasteiger partial charge is 0.377 e. The van der Waals surface area contributed by atoms with E-state index in [1.807, 2.05) is 32.9 Å². The van der Waals surface area contributed by atoms with E-state index >= 15 is 0 Å². The summed E-state index contributed by atoms with van der Waals surface area (Å²) in [6, 6.07) is 0. The van der Waals surface area contributed by atoms with Crippen LogP contribution in [0.15, 0.2) is 34.8 Å².